The summed E-state index contributed by atoms with van der Waals surface area (Å²) in [5.74, 6) is 0.843. The topological polar surface area (TPSA) is 38.8 Å². The molecule has 4 nitrogen and oxygen atoms in total. The predicted octanol–water partition coefficient (Wildman–Crippen LogP) is 3.22. The first-order chi connectivity index (χ1) is 10.3. The molecule has 0 unspecified atom stereocenters. The van der Waals surface area contributed by atoms with Crippen LogP contribution in [0, 0.1) is 0 Å². The van der Waals surface area contributed by atoms with Crippen molar-refractivity contribution in [1.29, 1.82) is 0 Å². The van der Waals surface area contributed by atoms with Crippen molar-refractivity contribution in [2.75, 3.05) is 13.2 Å². The largest absolute Gasteiger partial charge is 0.491 e. The second kappa shape index (κ2) is 6.31. The minimum absolute atomic E-state index is 0.290. The number of para-hydroxylation sites is 1. The van der Waals surface area contributed by atoms with Gasteiger partial charge in [-0.25, -0.2) is 4.79 Å². The maximum atomic E-state index is 12.2. The lowest BCUT2D eigenvalue weighted by molar-refractivity contribution is 0.0913. The molecule has 2 aromatic rings. The number of carbonyl (C=O) groups is 1. The van der Waals surface area contributed by atoms with Crippen LogP contribution in [0.5, 0.6) is 5.75 Å². The molecule has 1 amide bonds. The molecule has 1 aliphatic heterocycles. The number of nitrogens with zero attached hydrogens (tertiary/aromatic N) is 1. The maximum absolute atomic E-state index is 12.2. The summed E-state index contributed by atoms with van der Waals surface area (Å²) >= 11 is 0. The first-order valence-electron chi connectivity index (χ1n) is 6.99. The number of benzene rings is 2. The Morgan fingerprint density at radius 2 is 1.86 bits per heavy atom. The van der Waals surface area contributed by atoms with Gasteiger partial charge in [-0.15, -0.1) is 0 Å². The third-order valence-electron chi connectivity index (χ3n) is 3.42. The molecule has 0 saturated carbocycles. The molecule has 0 saturated heterocycles. The third kappa shape index (κ3) is 3.34. The van der Waals surface area contributed by atoms with Crippen LogP contribution in [0.25, 0.3) is 0 Å². The summed E-state index contributed by atoms with van der Waals surface area (Å²) in [7, 11) is 0. The van der Waals surface area contributed by atoms with Crippen LogP contribution in [-0.2, 0) is 17.9 Å². The van der Waals surface area contributed by atoms with E-state index in [1.54, 1.807) is 4.90 Å². The van der Waals surface area contributed by atoms with Crippen molar-refractivity contribution in [2.24, 2.45) is 0 Å². The standard InChI is InChI=1S/C17H17NO3/c19-17(21-13-14-6-2-1-3-7-14)18-10-11-20-16-9-5-4-8-15(16)12-18/h1-9H,10-13H2. The van der Waals surface area contributed by atoms with E-state index in [1.807, 2.05) is 54.6 Å². The van der Waals surface area contributed by atoms with E-state index in [0.29, 0.717) is 26.3 Å². The molecule has 2 aromatic carbocycles. The predicted molar refractivity (Wildman–Crippen MR) is 79.0 cm³/mol. The van der Waals surface area contributed by atoms with Crippen LogP contribution in [-0.4, -0.2) is 24.1 Å². The van der Waals surface area contributed by atoms with Crippen molar-refractivity contribution in [3.8, 4) is 5.75 Å². The number of hydrogen-bond acceptors (Lipinski definition) is 3. The Kier molecular flexibility index (Phi) is 4.05. The van der Waals surface area contributed by atoms with Crippen LogP contribution >= 0.6 is 0 Å². The van der Waals surface area contributed by atoms with Gasteiger partial charge in [0, 0.05) is 5.56 Å². The van der Waals surface area contributed by atoms with Crippen LogP contribution in [0.2, 0.25) is 0 Å². The molecule has 4 heteroatoms. The molecule has 0 radical (unpaired) electrons. The van der Waals surface area contributed by atoms with Gasteiger partial charge in [-0.2, -0.15) is 0 Å². The fourth-order valence-corrected chi connectivity index (χ4v) is 2.29. The normalized spacial score (nSPS) is 13.8. The average molecular weight is 283 g/mol. The van der Waals surface area contributed by atoms with Gasteiger partial charge in [0.2, 0.25) is 0 Å². The molecule has 0 fully saturated rings. The molecule has 3 rings (SSSR count). The fraction of sp³-hybridized carbons (Fsp3) is 0.235. The van der Waals surface area contributed by atoms with E-state index in [2.05, 4.69) is 0 Å². The number of amides is 1. The van der Waals surface area contributed by atoms with Gasteiger partial charge in [0.25, 0.3) is 0 Å². The van der Waals surface area contributed by atoms with Crippen molar-refractivity contribution in [3.63, 3.8) is 0 Å². The van der Waals surface area contributed by atoms with Gasteiger partial charge in [0.15, 0.2) is 0 Å². The minimum atomic E-state index is -0.306. The Bertz CT molecular complexity index is 612. The number of rotatable bonds is 2. The Morgan fingerprint density at radius 1 is 1.10 bits per heavy atom. The lowest BCUT2D eigenvalue weighted by atomic mass is 10.2. The molecule has 1 heterocycles. The highest BCUT2D eigenvalue weighted by Gasteiger charge is 2.20. The van der Waals surface area contributed by atoms with Crippen molar-refractivity contribution < 1.29 is 14.3 Å². The Labute approximate surface area is 123 Å². The van der Waals surface area contributed by atoms with Gasteiger partial charge in [0.1, 0.15) is 19.0 Å². The quantitative estimate of drug-likeness (QED) is 0.849. The molecule has 0 bridgehead atoms. The van der Waals surface area contributed by atoms with Crippen LogP contribution in [0.4, 0.5) is 4.79 Å². The molecule has 0 N–H and O–H groups in total. The molecule has 0 atom stereocenters. The highest BCUT2D eigenvalue weighted by Crippen LogP contribution is 2.22. The summed E-state index contributed by atoms with van der Waals surface area (Å²) < 4.78 is 11.0. The summed E-state index contributed by atoms with van der Waals surface area (Å²) in [4.78, 5) is 13.9. The molecule has 0 aliphatic carbocycles. The van der Waals surface area contributed by atoms with E-state index in [0.717, 1.165) is 16.9 Å². The van der Waals surface area contributed by atoms with Gasteiger partial charge >= 0.3 is 6.09 Å². The zero-order valence-corrected chi connectivity index (χ0v) is 11.7. The molecule has 0 aromatic heterocycles. The third-order valence-corrected chi connectivity index (χ3v) is 3.42. The van der Waals surface area contributed by atoms with Crippen molar-refractivity contribution in [3.05, 3.63) is 65.7 Å². The number of fused-ring (bicyclic) bond motifs is 1. The van der Waals surface area contributed by atoms with E-state index in [4.69, 9.17) is 9.47 Å². The van der Waals surface area contributed by atoms with Crippen molar-refractivity contribution in [2.45, 2.75) is 13.2 Å². The van der Waals surface area contributed by atoms with Gasteiger partial charge in [-0.05, 0) is 11.6 Å². The van der Waals surface area contributed by atoms with Crippen molar-refractivity contribution in [1.82, 2.24) is 4.90 Å². The van der Waals surface area contributed by atoms with Crippen LogP contribution in [0.15, 0.2) is 54.6 Å². The minimum Gasteiger partial charge on any atom is -0.491 e. The molecular weight excluding hydrogens is 266 g/mol. The molecule has 108 valence electrons. The van der Waals surface area contributed by atoms with E-state index in [9.17, 15) is 4.79 Å². The van der Waals surface area contributed by atoms with Crippen LogP contribution in [0.1, 0.15) is 11.1 Å². The molecule has 21 heavy (non-hydrogen) atoms. The summed E-state index contributed by atoms with van der Waals surface area (Å²) in [6.07, 6.45) is -0.306. The lowest BCUT2D eigenvalue weighted by Crippen LogP contribution is -2.32. The second-order valence-electron chi connectivity index (χ2n) is 4.92. The van der Waals surface area contributed by atoms with E-state index >= 15 is 0 Å². The van der Waals surface area contributed by atoms with E-state index < -0.39 is 0 Å². The second-order valence-corrected chi connectivity index (χ2v) is 4.92. The maximum Gasteiger partial charge on any atom is 0.410 e. The van der Waals surface area contributed by atoms with Crippen molar-refractivity contribution >= 4 is 6.09 Å². The molecule has 1 aliphatic rings. The van der Waals surface area contributed by atoms with Gasteiger partial charge in [-0.3, -0.25) is 0 Å². The Morgan fingerprint density at radius 3 is 2.71 bits per heavy atom. The Hall–Kier alpha value is -2.49. The smallest absolute Gasteiger partial charge is 0.410 e. The summed E-state index contributed by atoms with van der Waals surface area (Å²) in [5.41, 5.74) is 1.99. The summed E-state index contributed by atoms with van der Waals surface area (Å²) in [6.45, 7) is 1.82. The van der Waals surface area contributed by atoms with E-state index in [1.165, 1.54) is 0 Å². The molecular formula is C17H17NO3. The highest BCUT2D eigenvalue weighted by molar-refractivity contribution is 5.68. The lowest BCUT2D eigenvalue weighted by Gasteiger charge is -2.19. The van der Waals surface area contributed by atoms with E-state index in [-0.39, 0.29) is 6.09 Å². The first-order valence-corrected chi connectivity index (χ1v) is 6.99. The fourth-order valence-electron chi connectivity index (χ4n) is 2.29. The highest BCUT2D eigenvalue weighted by atomic mass is 16.6. The molecule has 0 spiro atoms. The first kappa shape index (κ1) is 13.5. The number of carbonyl (C=O) groups excluding carboxylic acids is 1. The van der Waals surface area contributed by atoms with Crippen LogP contribution < -0.4 is 4.74 Å². The zero-order chi connectivity index (χ0) is 14.5. The van der Waals surface area contributed by atoms with Crippen LogP contribution in [0.3, 0.4) is 0 Å². The van der Waals surface area contributed by atoms with Gasteiger partial charge in [-0.1, -0.05) is 48.5 Å². The number of ether oxygens (including phenoxy) is 2. The van der Waals surface area contributed by atoms with Gasteiger partial charge < -0.3 is 14.4 Å². The van der Waals surface area contributed by atoms with Gasteiger partial charge in [0.05, 0.1) is 13.1 Å². The zero-order valence-electron chi connectivity index (χ0n) is 11.7. The average Bonchev–Trinajstić information content (AvgIpc) is 2.76. The SMILES string of the molecule is O=C(OCc1ccccc1)N1CCOc2ccccc2C1. The number of hydrogen-bond donors (Lipinski definition) is 0. The Balaban J connectivity index is 1.63. The summed E-state index contributed by atoms with van der Waals surface area (Å²) in [6, 6.07) is 17.4. The summed E-state index contributed by atoms with van der Waals surface area (Å²) in [5, 5.41) is 0. The monoisotopic (exact) mass is 283 g/mol.